The lowest BCUT2D eigenvalue weighted by Gasteiger charge is -2.39. The Morgan fingerprint density at radius 2 is 1.83 bits per heavy atom. The molecule has 3 aliphatic rings. The summed E-state index contributed by atoms with van der Waals surface area (Å²) in [6, 6.07) is 5.14. The van der Waals surface area contributed by atoms with Gasteiger partial charge in [-0.1, -0.05) is 34.6 Å². The molecule has 2 unspecified atom stereocenters. The summed E-state index contributed by atoms with van der Waals surface area (Å²) in [7, 11) is 0. The Morgan fingerprint density at radius 1 is 1.14 bits per heavy atom. The number of imide groups is 1. The molecule has 4 rings (SSSR count). The van der Waals surface area contributed by atoms with Gasteiger partial charge in [0.1, 0.15) is 0 Å². The Hall–Kier alpha value is -2.37. The van der Waals surface area contributed by atoms with Crippen LogP contribution in [-0.4, -0.2) is 46.8 Å². The number of hydrogen-bond acceptors (Lipinski definition) is 3. The maximum Gasteiger partial charge on any atom is 0.322 e. The highest BCUT2D eigenvalue weighted by Gasteiger charge is 2.51. The number of urea groups is 1. The SMILES string of the molecule is CC(C)CN1C(=O)c2ccc(NC(=O)N3CC4(C)CC3CC(C)(C)C4)cc2C1=O. The Bertz CT molecular complexity index is 891. The Kier molecular flexibility index (Phi) is 4.52. The van der Waals surface area contributed by atoms with E-state index in [2.05, 4.69) is 26.1 Å². The summed E-state index contributed by atoms with van der Waals surface area (Å²) in [5.41, 5.74) is 1.77. The van der Waals surface area contributed by atoms with Gasteiger partial charge in [0.2, 0.25) is 0 Å². The molecule has 156 valence electrons. The highest BCUT2D eigenvalue weighted by atomic mass is 16.2. The summed E-state index contributed by atoms with van der Waals surface area (Å²) in [6.07, 6.45) is 3.18. The standard InChI is InChI=1S/C23H31N3O3/c1-14(2)11-25-19(27)17-7-6-15(8-18(17)20(25)28)24-21(29)26-13-23(5)10-16(26)9-22(3,4)12-23/h6-8,14,16H,9-13H2,1-5H3,(H,24,29). The Balaban J connectivity index is 1.51. The molecule has 4 amide bonds. The number of nitrogens with one attached hydrogen (secondary N) is 1. The van der Waals surface area contributed by atoms with Crippen LogP contribution in [0.2, 0.25) is 0 Å². The van der Waals surface area contributed by atoms with E-state index in [9.17, 15) is 14.4 Å². The van der Waals surface area contributed by atoms with Crippen LogP contribution in [0.4, 0.5) is 10.5 Å². The quantitative estimate of drug-likeness (QED) is 0.770. The van der Waals surface area contributed by atoms with Gasteiger partial charge in [-0.15, -0.1) is 0 Å². The van der Waals surface area contributed by atoms with E-state index in [1.165, 1.54) is 4.90 Å². The van der Waals surface area contributed by atoms with Gasteiger partial charge in [0.25, 0.3) is 11.8 Å². The summed E-state index contributed by atoms with van der Waals surface area (Å²) in [5, 5.41) is 2.97. The van der Waals surface area contributed by atoms with Gasteiger partial charge in [-0.05, 0) is 54.2 Å². The maximum atomic E-state index is 13.0. The van der Waals surface area contributed by atoms with E-state index >= 15 is 0 Å². The van der Waals surface area contributed by atoms with Crippen LogP contribution in [0, 0.1) is 16.7 Å². The molecule has 1 aromatic carbocycles. The largest absolute Gasteiger partial charge is 0.322 e. The smallest absolute Gasteiger partial charge is 0.321 e. The molecule has 2 aliphatic heterocycles. The number of benzene rings is 1. The third kappa shape index (κ3) is 3.53. The molecule has 2 heterocycles. The van der Waals surface area contributed by atoms with Crippen LogP contribution in [0.25, 0.3) is 0 Å². The van der Waals surface area contributed by atoms with Crippen LogP contribution in [0.15, 0.2) is 18.2 Å². The van der Waals surface area contributed by atoms with Crippen molar-refractivity contribution in [1.29, 1.82) is 0 Å². The topological polar surface area (TPSA) is 69.7 Å². The average molecular weight is 398 g/mol. The molecule has 6 heteroatoms. The van der Waals surface area contributed by atoms with Crippen LogP contribution in [0.1, 0.15) is 74.6 Å². The van der Waals surface area contributed by atoms with Crippen LogP contribution in [0.5, 0.6) is 0 Å². The molecule has 2 bridgehead atoms. The number of carbonyl (C=O) groups excluding carboxylic acids is 3. The van der Waals surface area contributed by atoms with E-state index in [1.54, 1.807) is 18.2 Å². The van der Waals surface area contributed by atoms with E-state index in [1.807, 2.05) is 18.7 Å². The van der Waals surface area contributed by atoms with Crippen LogP contribution in [-0.2, 0) is 0 Å². The first kappa shape index (κ1) is 19.9. The average Bonchev–Trinajstić information content (AvgIpc) is 2.98. The third-order valence-electron chi connectivity index (χ3n) is 6.45. The van der Waals surface area contributed by atoms with E-state index in [-0.39, 0.29) is 40.6 Å². The Labute approximate surface area is 172 Å². The second-order valence-electron chi connectivity index (χ2n) is 10.6. The normalized spacial score (nSPS) is 27.6. The van der Waals surface area contributed by atoms with Crippen molar-refractivity contribution < 1.29 is 14.4 Å². The number of hydrogen-bond donors (Lipinski definition) is 1. The summed E-state index contributed by atoms with van der Waals surface area (Å²) in [5.74, 6) is -0.322. The molecular weight excluding hydrogens is 366 g/mol. The molecule has 29 heavy (non-hydrogen) atoms. The number of likely N-dealkylation sites (tertiary alicyclic amines) is 1. The van der Waals surface area contributed by atoms with Crippen molar-refractivity contribution in [3.63, 3.8) is 0 Å². The third-order valence-corrected chi connectivity index (χ3v) is 6.45. The minimum Gasteiger partial charge on any atom is -0.321 e. The fourth-order valence-corrected chi connectivity index (χ4v) is 5.79. The van der Waals surface area contributed by atoms with Crippen molar-refractivity contribution in [1.82, 2.24) is 9.80 Å². The van der Waals surface area contributed by atoms with Gasteiger partial charge < -0.3 is 10.2 Å². The molecule has 6 nitrogen and oxygen atoms in total. The highest BCUT2D eigenvalue weighted by molar-refractivity contribution is 6.21. The lowest BCUT2D eigenvalue weighted by atomic mass is 9.65. The first-order valence-corrected chi connectivity index (χ1v) is 10.6. The van der Waals surface area contributed by atoms with E-state index in [0.29, 0.717) is 23.4 Å². The summed E-state index contributed by atoms with van der Waals surface area (Å²) in [4.78, 5) is 41.5. The van der Waals surface area contributed by atoms with Crippen molar-refractivity contribution in [3.8, 4) is 0 Å². The van der Waals surface area contributed by atoms with Crippen LogP contribution < -0.4 is 5.32 Å². The van der Waals surface area contributed by atoms with Crippen molar-refractivity contribution in [2.75, 3.05) is 18.4 Å². The number of amides is 4. The van der Waals surface area contributed by atoms with Crippen molar-refractivity contribution in [3.05, 3.63) is 29.3 Å². The van der Waals surface area contributed by atoms with E-state index < -0.39 is 0 Å². The first-order chi connectivity index (χ1) is 13.5. The van der Waals surface area contributed by atoms with Crippen molar-refractivity contribution >= 4 is 23.5 Å². The second-order valence-corrected chi connectivity index (χ2v) is 10.6. The van der Waals surface area contributed by atoms with Gasteiger partial charge in [-0.3, -0.25) is 14.5 Å². The summed E-state index contributed by atoms with van der Waals surface area (Å²) in [6.45, 7) is 12.0. The molecule has 2 atom stereocenters. The summed E-state index contributed by atoms with van der Waals surface area (Å²) >= 11 is 0. The molecule has 0 spiro atoms. The monoisotopic (exact) mass is 397 g/mol. The zero-order chi connectivity index (χ0) is 21.1. The Morgan fingerprint density at radius 3 is 2.52 bits per heavy atom. The number of fused-ring (bicyclic) bond motifs is 3. The minimum absolute atomic E-state index is 0.118. The molecule has 1 saturated heterocycles. The molecule has 0 aromatic heterocycles. The van der Waals surface area contributed by atoms with E-state index in [4.69, 9.17) is 0 Å². The lowest BCUT2D eigenvalue weighted by molar-refractivity contribution is 0.0636. The maximum absolute atomic E-state index is 13.0. The molecule has 2 fully saturated rings. The number of nitrogens with zero attached hydrogens (tertiary/aromatic N) is 2. The second kappa shape index (κ2) is 6.57. The number of carbonyl (C=O) groups is 3. The fraction of sp³-hybridized carbons (Fsp3) is 0.609. The van der Waals surface area contributed by atoms with Crippen LogP contribution >= 0.6 is 0 Å². The van der Waals surface area contributed by atoms with Gasteiger partial charge in [-0.25, -0.2) is 4.79 Å². The molecule has 1 saturated carbocycles. The van der Waals surface area contributed by atoms with Gasteiger partial charge in [0.05, 0.1) is 11.1 Å². The predicted octanol–water partition coefficient (Wildman–Crippen LogP) is 4.37. The predicted molar refractivity (Wildman–Crippen MR) is 112 cm³/mol. The number of anilines is 1. The first-order valence-electron chi connectivity index (χ1n) is 10.6. The van der Waals surface area contributed by atoms with Gasteiger partial charge in [-0.2, -0.15) is 0 Å². The summed E-state index contributed by atoms with van der Waals surface area (Å²) < 4.78 is 0. The fourth-order valence-electron chi connectivity index (χ4n) is 5.79. The molecular formula is C23H31N3O3. The molecule has 1 N–H and O–H groups in total. The van der Waals surface area contributed by atoms with Crippen molar-refractivity contribution in [2.45, 2.75) is 59.9 Å². The minimum atomic E-state index is -0.277. The zero-order valence-corrected chi connectivity index (χ0v) is 18.0. The van der Waals surface area contributed by atoms with Crippen LogP contribution in [0.3, 0.4) is 0 Å². The van der Waals surface area contributed by atoms with Crippen molar-refractivity contribution in [2.24, 2.45) is 16.7 Å². The molecule has 1 aliphatic carbocycles. The molecule has 1 aromatic rings. The lowest BCUT2D eigenvalue weighted by Crippen LogP contribution is -2.40. The van der Waals surface area contributed by atoms with E-state index in [0.717, 1.165) is 25.8 Å². The highest BCUT2D eigenvalue weighted by Crippen LogP contribution is 2.52. The zero-order valence-electron chi connectivity index (χ0n) is 18.0. The van der Waals surface area contributed by atoms with Gasteiger partial charge in [0.15, 0.2) is 0 Å². The molecule has 0 radical (unpaired) electrons. The number of rotatable bonds is 3. The van der Waals surface area contributed by atoms with Gasteiger partial charge in [0, 0.05) is 24.8 Å². The van der Waals surface area contributed by atoms with Gasteiger partial charge >= 0.3 is 6.03 Å².